The molecule has 1 saturated heterocycles. The molecule has 0 radical (unpaired) electrons. The van der Waals surface area contributed by atoms with Crippen LogP contribution in [0.25, 0.3) is 0 Å². The normalized spacial score (nSPS) is 18.3. The van der Waals surface area contributed by atoms with E-state index in [2.05, 4.69) is 63.0 Å². The lowest BCUT2D eigenvalue weighted by Gasteiger charge is -2.24. The molecule has 1 aliphatic rings. The van der Waals surface area contributed by atoms with Crippen molar-refractivity contribution in [2.45, 2.75) is 53.6 Å². The summed E-state index contributed by atoms with van der Waals surface area (Å²) >= 11 is 0. The van der Waals surface area contributed by atoms with Gasteiger partial charge in [-0.15, -0.1) is 0 Å². The highest BCUT2D eigenvalue weighted by atomic mass is 15.2. The van der Waals surface area contributed by atoms with E-state index in [1.165, 1.54) is 36.3 Å². The molecule has 0 unspecified atom stereocenters. The van der Waals surface area contributed by atoms with Gasteiger partial charge in [0.2, 0.25) is 0 Å². The maximum Gasteiger partial charge on any atom is 0.0396 e. The van der Waals surface area contributed by atoms with Gasteiger partial charge >= 0.3 is 0 Å². The fourth-order valence-electron chi connectivity index (χ4n) is 2.82. The first kappa shape index (κ1) is 14.4. The first-order valence-electron chi connectivity index (χ1n) is 7.45. The molecular weight excluding hydrogens is 232 g/mol. The number of hydrogen-bond donors (Lipinski definition) is 1. The van der Waals surface area contributed by atoms with Crippen molar-refractivity contribution in [3.05, 3.63) is 29.3 Å². The van der Waals surface area contributed by atoms with Gasteiger partial charge in [0.15, 0.2) is 0 Å². The lowest BCUT2D eigenvalue weighted by Crippen LogP contribution is -2.24. The van der Waals surface area contributed by atoms with Gasteiger partial charge in [0.05, 0.1) is 0 Å². The monoisotopic (exact) mass is 260 g/mol. The minimum Gasteiger partial charge on any atom is -0.371 e. The summed E-state index contributed by atoms with van der Waals surface area (Å²) in [6.07, 6.45) is 1.29. The fourth-order valence-corrected chi connectivity index (χ4v) is 2.82. The number of aryl methyl sites for hydroxylation is 1. The summed E-state index contributed by atoms with van der Waals surface area (Å²) in [6, 6.07) is 7.44. The number of anilines is 1. The van der Waals surface area contributed by atoms with Crippen LogP contribution in [0.15, 0.2) is 18.2 Å². The Morgan fingerprint density at radius 3 is 2.58 bits per heavy atom. The Morgan fingerprint density at radius 2 is 2.05 bits per heavy atom. The smallest absolute Gasteiger partial charge is 0.0396 e. The number of hydrogen-bond acceptors (Lipinski definition) is 2. The third kappa shape index (κ3) is 3.73. The first-order chi connectivity index (χ1) is 8.87. The quantitative estimate of drug-likeness (QED) is 0.887. The molecule has 0 amide bonds. The molecular formula is C17H28N2. The predicted molar refractivity (Wildman–Crippen MR) is 83.8 cm³/mol. The van der Waals surface area contributed by atoms with E-state index < -0.39 is 0 Å². The molecule has 1 aromatic rings. The highest BCUT2D eigenvalue weighted by molar-refractivity contribution is 5.55. The molecule has 2 heteroatoms. The zero-order valence-corrected chi connectivity index (χ0v) is 13.1. The highest BCUT2D eigenvalue weighted by Gasteiger charge is 2.29. The van der Waals surface area contributed by atoms with Crippen molar-refractivity contribution in [2.24, 2.45) is 5.41 Å². The summed E-state index contributed by atoms with van der Waals surface area (Å²) in [5, 5.41) is 3.48. The summed E-state index contributed by atoms with van der Waals surface area (Å²) in [4.78, 5) is 2.54. The van der Waals surface area contributed by atoms with Crippen LogP contribution in [0, 0.1) is 12.3 Å². The Balaban J connectivity index is 2.07. The van der Waals surface area contributed by atoms with E-state index in [0.717, 1.165) is 6.54 Å². The van der Waals surface area contributed by atoms with Crippen LogP contribution in [0.3, 0.4) is 0 Å². The van der Waals surface area contributed by atoms with E-state index in [1.807, 2.05) is 0 Å². The molecule has 0 bridgehead atoms. The standard InChI is InChI=1S/C17H28N2/c1-13(2)18-11-15-6-7-16(14(3)10-15)19-9-8-17(4,5)12-19/h6-7,10,13,18H,8-9,11-12H2,1-5H3. The van der Waals surface area contributed by atoms with Gasteiger partial charge in [-0.25, -0.2) is 0 Å². The molecule has 0 spiro atoms. The van der Waals surface area contributed by atoms with Crippen LogP contribution in [0.1, 0.15) is 45.2 Å². The largest absolute Gasteiger partial charge is 0.371 e. The molecule has 2 rings (SSSR count). The van der Waals surface area contributed by atoms with Crippen molar-refractivity contribution >= 4 is 5.69 Å². The molecule has 0 saturated carbocycles. The summed E-state index contributed by atoms with van der Waals surface area (Å²) in [7, 11) is 0. The van der Waals surface area contributed by atoms with Crippen LogP contribution < -0.4 is 10.2 Å². The van der Waals surface area contributed by atoms with Gasteiger partial charge in [0.1, 0.15) is 0 Å². The van der Waals surface area contributed by atoms with Crippen molar-refractivity contribution in [3.63, 3.8) is 0 Å². The number of nitrogens with one attached hydrogen (secondary N) is 1. The summed E-state index contributed by atoms with van der Waals surface area (Å²) in [5.41, 5.74) is 4.66. The Kier molecular flexibility index (Phi) is 4.19. The minimum absolute atomic E-state index is 0.463. The van der Waals surface area contributed by atoms with Gasteiger partial charge in [0, 0.05) is 31.4 Å². The molecule has 19 heavy (non-hydrogen) atoms. The molecule has 0 aliphatic carbocycles. The molecule has 1 heterocycles. The Bertz CT molecular complexity index is 435. The molecule has 1 fully saturated rings. The lowest BCUT2D eigenvalue weighted by atomic mass is 9.93. The van der Waals surface area contributed by atoms with E-state index in [1.54, 1.807) is 0 Å². The van der Waals surface area contributed by atoms with Gasteiger partial charge in [-0.3, -0.25) is 0 Å². The van der Waals surface area contributed by atoms with Gasteiger partial charge in [-0.2, -0.15) is 0 Å². The van der Waals surface area contributed by atoms with Crippen molar-refractivity contribution in [1.29, 1.82) is 0 Å². The number of rotatable bonds is 4. The Hall–Kier alpha value is -1.02. The second-order valence-corrected chi connectivity index (χ2v) is 6.99. The van der Waals surface area contributed by atoms with Crippen molar-refractivity contribution in [1.82, 2.24) is 5.32 Å². The lowest BCUT2D eigenvalue weighted by molar-refractivity contribution is 0.418. The zero-order valence-electron chi connectivity index (χ0n) is 13.1. The van der Waals surface area contributed by atoms with Crippen molar-refractivity contribution in [3.8, 4) is 0 Å². The second kappa shape index (κ2) is 5.54. The van der Waals surface area contributed by atoms with Crippen LogP contribution in [0.2, 0.25) is 0 Å². The average molecular weight is 260 g/mol. The van der Waals surface area contributed by atoms with Crippen LogP contribution in [-0.2, 0) is 6.54 Å². The van der Waals surface area contributed by atoms with Crippen molar-refractivity contribution in [2.75, 3.05) is 18.0 Å². The number of benzene rings is 1. The van der Waals surface area contributed by atoms with Crippen LogP contribution in [-0.4, -0.2) is 19.1 Å². The molecule has 1 aliphatic heterocycles. The first-order valence-corrected chi connectivity index (χ1v) is 7.45. The Labute approximate surface area is 118 Å². The van der Waals surface area contributed by atoms with E-state index >= 15 is 0 Å². The van der Waals surface area contributed by atoms with Gasteiger partial charge in [0.25, 0.3) is 0 Å². The zero-order chi connectivity index (χ0) is 14.0. The fraction of sp³-hybridized carbons (Fsp3) is 0.647. The molecule has 1 aromatic carbocycles. The SMILES string of the molecule is Cc1cc(CNC(C)C)ccc1N1CCC(C)(C)C1. The number of nitrogens with zero attached hydrogens (tertiary/aromatic N) is 1. The third-order valence-electron chi connectivity index (χ3n) is 3.99. The molecule has 0 atom stereocenters. The van der Waals surface area contributed by atoms with Gasteiger partial charge in [-0.05, 0) is 36.0 Å². The predicted octanol–water partition coefficient (Wildman–Crippen LogP) is 3.73. The van der Waals surface area contributed by atoms with E-state index in [-0.39, 0.29) is 0 Å². The molecule has 1 N–H and O–H groups in total. The maximum absolute atomic E-state index is 3.48. The van der Waals surface area contributed by atoms with Gasteiger partial charge in [-0.1, -0.05) is 39.8 Å². The van der Waals surface area contributed by atoms with Gasteiger partial charge < -0.3 is 10.2 Å². The van der Waals surface area contributed by atoms with Crippen molar-refractivity contribution < 1.29 is 0 Å². The van der Waals surface area contributed by atoms with Crippen LogP contribution in [0.4, 0.5) is 5.69 Å². The van der Waals surface area contributed by atoms with E-state index in [4.69, 9.17) is 0 Å². The molecule has 106 valence electrons. The summed E-state index contributed by atoms with van der Waals surface area (Å²) in [5.74, 6) is 0. The Morgan fingerprint density at radius 1 is 1.32 bits per heavy atom. The molecule has 2 nitrogen and oxygen atoms in total. The second-order valence-electron chi connectivity index (χ2n) is 6.99. The van der Waals surface area contributed by atoms with E-state index in [0.29, 0.717) is 11.5 Å². The maximum atomic E-state index is 3.48. The van der Waals surface area contributed by atoms with Crippen LogP contribution in [0.5, 0.6) is 0 Å². The summed E-state index contributed by atoms with van der Waals surface area (Å²) in [6.45, 7) is 14.7. The average Bonchev–Trinajstić information content (AvgIpc) is 2.67. The molecule has 0 aromatic heterocycles. The highest BCUT2D eigenvalue weighted by Crippen LogP contribution is 2.34. The van der Waals surface area contributed by atoms with E-state index in [9.17, 15) is 0 Å². The third-order valence-corrected chi connectivity index (χ3v) is 3.99. The minimum atomic E-state index is 0.463. The van der Waals surface area contributed by atoms with Crippen LogP contribution >= 0.6 is 0 Å². The summed E-state index contributed by atoms with van der Waals surface area (Å²) < 4.78 is 0. The topological polar surface area (TPSA) is 15.3 Å².